The van der Waals surface area contributed by atoms with E-state index in [1.165, 1.54) is 36.8 Å². The summed E-state index contributed by atoms with van der Waals surface area (Å²) in [4.78, 5) is 15.8. The van der Waals surface area contributed by atoms with E-state index >= 15 is 0 Å². The average Bonchev–Trinajstić information content (AvgIpc) is 2.60. The monoisotopic (exact) mass is 380 g/mol. The second-order valence-electron chi connectivity index (χ2n) is 5.33. The van der Waals surface area contributed by atoms with Gasteiger partial charge in [-0.1, -0.05) is 12.1 Å². The molecule has 0 aliphatic heterocycles. The Hall–Kier alpha value is -2.88. The number of hydrogen-bond donors (Lipinski definition) is 0. The summed E-state index contributed by atoms with van der Waals surface area (Å²) in [5.41, 5.74) is -0.203. The predicted octanol–water partition coefficient (Wildman–Crippen LogP) is 3.02. The second kappa shape index (κ2) is 6.45. The Morgan fingerprint density at radius 2 is 1.62 bits per heavy atom. The molecule has 6 nitrogen and oxygen atoms in total. The van der Waals surface area contributed by atoms with Gasteiger partial charge in [-0.25, -0.2) is 18.4 Å². The van der Waals surface area contributed by atoms with Crippen LogP contribution in [0.15, 0.2) is 54.1 Å². The molecule has 0 aliphatic carbocycles. The number of halogens is 3. The fourth-order valence-electron chi connectivity index (χ4n) is 2.23. The summed E-state index contributed by atoms with van der Waals surface area (Å²) in [5, 5.41) is -0.407. The minimum absolute atomic E-state index is 0.140. The molecule has 0 aliphatic rings. The van der Waals surface area contributed by atoms with E-state index in [1.54, 1.807) is 0 Å². The van der Waals surface area contributed by atoms with Crippen molar-refractivity contribution in [2.45, 2.75) is 11.3 Å². The highest BCUT2D eigenvalue weighted by atomic mass is 32.2. The van der Waals surface area contributed by atoms with Crippen molar-refractivity contribution in [3.05, 3.63) is 54.5 Å². The van der Waals surface area contributed by atoms with Crippen molar-refractivity contribution in [1.29, 1.82) is 0 Å². The summed E-state index contributed by atoms with van der Waals surface area (Å²) in [6.45, 7) is 0. The quantitative estimate of drug-likeness (QED) is 0.650. The summed E-state index contributed by atoms with van der Waals surface area (Å²) in [5.74, 6) is 0. The fraction of sp³-hybridized carbons (Fsp3) is 0.125. The molecule has 0 fully saturated rings. The van der Waals surface area contributed by atoms with Crippen LogP contribution in [-0.2, 0) is 16.0 Å². The molecule has 0 unspecified atom stereocenters. The third-order valence-electron chi connectivity index (χ3n) is 3.37. The molecule has 0 spiro atoms. The van der Waals surface area contributed by atoms with E-state index in [1.807, 2.05) is 0 Å². The van der Waals surface area contributed by atoms with Gasteiger partial charge in [0.15, 0.2) is 0 Å². The molecule has 2 heterocycles. The van der Waals surface area contributed by atoms with Crippen molar-refractivity contribution < 1.29 is 21.6 Å². The molecule has 2 aromatic heterocycles. The van der Waals surface area contributed by atoms with Gasteiger partial charge in [0.25, 0.3) is 0 Å². The van der Waals surface area contributed by atoms with Crippen LogP contribution in [0.3, 0.4) is 0 Å². The molecule has 0 amide bonds. The van der Waals surface area contributed by atoms with E-state index in [2.05, 4.69) is 19.9 Å². The summed E-state index contributed by atoms with van der Waals surface area (Å²) in [6.07, 6.45) is 0.364. The van der Waals surface area contributed by atoms with E-state index < -0.39 is 26.7 Å². The summed E-state index contributed by atoms with van der Waals surface area (Å²) < 4.78 is 62.2. The number of hydrogen-bond acceptors (Lipinski definition) is 6. The van der Waals surface area contributed by atoms with Crippen molar-refractivity contribution >= 4 is 9.84 Å². The zero-order valence-electron chi connectivity index (χ0n) is 13.3. The maximum absolute atomic E-state index is 13.0. The SMILES string of the molecule is CS(=O)(=O)c1nccc(-c2nccnc2-c2cccc(C(F)(F)F)c2)n1. The van der Waals surface area contributed by atoms with Gasteiger partial charge < -0.3 is 0 Å². The van der Waals surface area contributed by atoms with Crippen LogP contribution in [0.25, 0.3) is 22.6 Å². The van der Waals surface area contributed by atoms with Crippen LogP contribution in [0, 0.1) is 0 Å². The third kappa shape index (κ3) is 3.69. The molecule has 0 atom stereocenters. The van der Waals surface area contributed by atoms with Crippen LogP contribution in [0.4, 0.5) is 13.2 Å². The second-order valence-corrected chi connectivity index (χ2v) is 7.24. The Bertz CT molecular complexity index is 1070. The van der Waals surface area contributed by atoms with E-state index in [0.717, 1.165) is 18.4 Å². The van der Waals surface area contributed by atoms with Crippen molar-refractivity contribution in [1.82, 2.24) is 19.9 Å². The minimum atomic E-state index is -4.50. The standard InChI is InChI=1S/C16H11F3N4O2S/c1-26(24,25)15-22-6-5-12(23-15)14-13(20-7-8-21-14)10-3-2-4-11(9-10)16(17,18)19/h2-9H,1H3. The van der Waals surface area contributed by atoms with Crippen molar-refractivity contribution in [3.63, 3.8) is 0 Å². The molecule has 10 heteroatoms. The fourth-order valence-corrected chi connectivity index (χ4v) is 2.75. The van der Waals surface area contributed by atoms with Crippen LogP contribution in [0.5, 0.6) is 0 Å². The first-order chi connectivity index (χ1) is 12.2. The molecule has 1 aromatic carbocycles. The van der Waals surface area contributed by atoms with Crippen LogP contribution < -0.4 is 0 Å². The first-order valence-corrected chi connectivity index (χ1v) is 9.07. The molecule has 0 saturated heterocycles. The minimum Gasteiger partial charge on any atom is -0.252 e. The maximum Gasteiger partial charge on any atom is 0.416 e. The van der Waals surface area contributed by atoms with Gasteiger partial charge in [-0.15, -0.1) is 0 Å². The van der Waals surface area contributed by atoms with Crippen LogP contribution in [-0.4, -0.2) is 34.6 Å². The normalized spacial score (nSPS) is 12.2. The van der Waals surface area contributed by atoms with E-state index in [0.29, 0.717) is 0 Å². The largest absolute Gasteiger partial charge is 0.416 e. The lowest BCUT2D eigenvalue weighted by Gasteiger charge is -2.11. The van der Waals surface area contributed by atoms with Gasteiger partial charge in [-0.3, -0.25) is 9.97 Å². The maximum atomic E-state index is 13.0. The highest BCUT2D eigenvalue weighted by Crippen LogP contribution is 2.33. The first kappa shape index (κ1) is 17.9. The highest BCUT2D eigenvalue weighted by molar-refractivity contribution is 7.90. The number of alkyl halides is 3. The van der Waals surface area contributed by atoms with Crippen LogP contribution in [0.2, 0.25) is 0 Å². The average molecular weight is 380 g/mol. The smallest absolute Gasteiger partial charge is 0.252 e. The lowest BCUT2D eigenvalue weighted by molar-refractivity contribution is -0.137. The molecule has 0 saturated carbocycles. The van der Waals surface area contributed by atoms with Crippen molar-refractivity contribution in [3.8, 4) is 22.6 Å². The number of aromatic nitrogens is 4. The van der Waals surface area contributed by atoms with E-state index in [-0.39, 0.29) is 22.6 Å². The zero-order chi connectivity index (χ0) is 18.9. The number of sulfone groups is 1. The Balaban J connectivity index is 2.17. The van der Waals surface area contributed by atoms with E-state index in [4.69, 9.17) is 0 Å². The first-order valence-electron chi connectivity index (χ1n) is 7.18. The predicted molar refractivity (Wildman–Crippen MR) is 86.6 cm³/mol. The van der Waals surface area contributed by atoms with Crippen molar-refractivity contribution in [2.75, 3.05) is 6.26 Å². The molecule has 134 valence electrons. The molecule has 0 N–H and O–H groups in total. The Morgan fingerprint density at radius 1 is 0.923 bits per heavy atom. The van der Waals surface area contributed by atoms with Gasteiger partial charge in [-0.2, -0.15) is 13.2 Å². The summed E-state index contributed by atoms with van der Waals surface area (Å²) >= 11 is 0. The highest BCUT2D eigenvalue weighted by Gasteiger charge is 2.30. The topological polar surface area (TPSA) is 85.7 Å². The van der Waals surface area contributed by atoms with Gasteiger partial charge in [0.2, 0.25) is 15.0 Å². The number of rotatable bonds is 3. The number of nitrogens with zero attached hydrogens (tertiary/aromatic N) is 4. The van der Waals surface area contributed by atoms with Gasteiger partial charge in [0.05, 0.1) is 17.0 Å². The van der Waals surface area contributed by atoms with Crippen molar-refractivity contribution in [2.24, 2.45) is 0 Å². The molecule has 0 radical (unpaired) electrons. The molecular formula is C16H11F3N4O2S. The molecule has 0 bridgehead atoms. The molecule has 3 rings (SSSR count). The lowest BCUT2D eigenvalue weighted by Crippen LogP contribution is -2.06. The summed E-state index contributed by atoms with van der Waals surface area (Å²) in [6, 6.07) is 6.04. The van der Waals surface area contributed by atoms with Gasteiger partial charge in [0, 0.05) is 30.4 Å². The lowest BCUT2D eigenvalue weighted by atomic mass is 10.0. The molecule has 26 heavy (non-hydrogen) atoms. The van der Waals surface area contributed by atoms with Gasteiger partial charge in [0.1, 0.15) is 5.69 Å². The molecule has 3 aromatic rings. The Morgan fingerprint density at radius 3 is 2.27 bits per heavy atom. The van der Waals surface area contributed by atoms with Gasteiger partial charge >= 0.3 is 6.18 Å². The Labute approximate surface area is 146 Å². The zero-order valence-corrected chi connectivity index (χ0v) is 14.1. The van der Waals surface area contributed by atoms with Crippen LogP contribution >= 0.6 is 0 Å². The number of benzene rings is 1. The summed E-state index contributed by atoms with van der Waals surface area (Å²) in [7, 11) is -3.66. The van der Waals surface area contributed by atoms with E-state index in [9.17, 15) is 21.6 Å². The molecular weight excluding hydrogens is 369 g/mol. The van der Waals surface area contributed by atoms with Crippen LogP contribution in [0.1, 0.15) is 5.56 Å². The van der Waals surface area contributed by atoms with Gasteiger partial charge in [-0.05, 0) is 18.2 Å². The third-order valence-corrected chi connectivity index (χ3v) is 4.23. The Kier molecular flexibility index (Phi) is 4.45.